The Bertz CT molecular complexity index is 902. The van der Waals surface area contributed by atoms with Crippen LogP contribution in [-0.2, 0) is 21.4 Å². The quantitative estimate of drug-likeness (QED) is 0.698. The first-order valence-electron chi connectivity index (χ1n) is 11.5. The predicted molar refractivity (Wildman–Crippen MR) is 127 cm³/mol. The minimum Gasteiger partial charge on any atom is -0.381 e. The van der Waals surface area contributed by atoms with Crippen LogP contribution in [0.2, 0.25) is 5.02 Å². The molecule has 2 aliphatic rings. The summed E-state index contributed by atoms with van der Waals surface area (Å²) in [6.45, 7) is 8.92. The first-order valence-corrected chi connectivity index (χ1v) is 11.9. The molecule has 0 aromatic heterocycles. The van der Waals surface area contributed by atoms with Crippen LogP contribution >= 0.6 is 11.6 Å². The van der Waals surface area contributed by atoms with E-state index in [9.17, 15) is 4.79 Å². The average Bonchev–Trinajstić information content (AvgIpc) is 2.78. The topological polar surface area (TPSA) is 50.8 Å². The number of amides is 1. The summed E-state index contributed by atoms with van der Waals surface area (Å²) in [7, 11) is 0. The van der Waals surface area contributed by atoms with Crippen molar-refractivity contribution in [2.24, 2.45) is 0 Å². The molecule has 6 heteroatoms. The molecular formula is C26H33ClN2O3. The molecule has 2 fully saturated rings. The minimum absolute atomic E-state index is 0.0435. The summed E-state index contributed by atoms with van der Waals surface area (Å²) >= 11 is 6.26. The Hall–Kier alpha value is -1.92. The third-order valence-corrected chi connectivity index (χ3v) is 6.83. The number of ether oxygens (including phenoxy) is 2. The van der Waals surface area contributed by atoms with Gasteiger partial charge >= 0.3 is 0 Å². The molecule has 5 nitrogen and oxygen atoms in total. The summed E-state index contributed by atoms with van der Waals surface area (Å²) in [5, 5.41) is 3.90. The number of benzene rings is 2. The van der Waals surface area contributed by atoms with Crippen LogP contribution < -0.4 is 5.32 Å². The van der Waals surface area contributed by atoms with Crippen LogP contribution in [0.25, 0.3) is 0 Å². The van der Waals surface area contributed by atoms with Crippen molar-refractivity contribution >= 4 is 17.5 Å². The second-order valence-corrected chi connectivity index (χ2v) is 9.67. The van der Waals surface area contributed by atoms with Crippen LogP contribution in [-0.4, -0.2) is 55.9 Å². The number of carbonyl (C=O) groups is 1. The fourth-order valence-electron chi connectivity index (χ4n) is 4.93. The highest BCUT2D eigenvalue weighted by Crippen LogP contribution is 2.35. The zero-order chi connectivity index (χ0) is 22.6. The van der Waals surface area contributed by atoms with Gasteiger partial charge in [0.1, 0.15) is 0 Å². The first-order chi connectivity index (χ1) is 15.4. The number of morpholine rings is 1. The van der Waals surface area contributed by atoms with Crippen molar-refractivity contribution in [1.29, 1.82) is 0 Å². The molecule has 2 atom stereocenters. The van der Waals surface area contributed by atoms with E-state index < -0.39 is 0 Å². The molecule has 2 aliphatic heterocycles. The molecule has 0 bridgehead atoms. The van der Waals surface area contributed by atoms with E-state index >= 15 is 0 Å². The molecule has 2 saturated heterocycles. The molecule has 0 saturated carbocycles. The molecule has 1 N–H and O–H groups in total. The highest BCUT2D eigenvalue weighted by molar-refractivity contribution is 6.30. The van der Waals surface area contributed by atoms with Gasteiger partial charge in [-0.2, -0.15) is 0 Å². The molecule has 2 aromatic rings. The molecule has 0 aliphatic carbocycles. The second-order valence-electron chi connectivity index (χ2n) is 9.23. The Morgan fingerprint density at radius 2 is 1.78 bits per heavy atom. The van der Waals surface area contributed by atoms with E-state index in [4.69, 9.17) is 21.1 Å². The van der Waals surface area contributed by atoms with Gasteiger partial charge in [-0.25, -0.2) is 0 Å². The van der Waals surface area contributed by atoms with Gasteiger partial charge in [-0.05, 0) is 62.1 Å². The van der Waals surface area contributed by atoms with Gasteiger partial charge in [-0.3, -0.25) is 9.69 Å². The van der Waals surface area contributed by atoms with Crippen molar-refractivity contribution in [1.82, 2.24) is 10.2 Å². The summed E-state index contributed by atoms with van der Waals surface area (Å²) in [5.41, 5.74) is 2.91. The SMILES string of the molecule is CC1CN(Cc2ccc(C(=O)NCC3(c4cccc(Cl)c4)CCOCC3)cc2)CC(C)O1. The van der Waals surface area contributed by atoms with Gasteiger partial charge in [0.25, 0.3) is 5.91 Å². The molecule has 1 amide bonds. The normalized spacial score (nSPS) is 23.6. The van der Waals surface area contributed by atoms with E-state index in [0.717, 1.165) is 43.1 Å². The van der Waals surface area contributed by atoms with Crippen LogP contribution in [0.1, 0.15) is 48.2 Å². The first kappa shape index (κ1) is 23.2. The monoisotopic (exact) mass is 456 g/mol. The lowest BCUT2D eigenvalue weighted by molar-refractivity contribution is -0.0704. The van der Waals surface area contributed by atoms with Crippen molar-refractivity contribution < 1.29 is 14.3 Å². The number of hydrogen-bond donors (Lipinski definition) is 1. The van der Waals surface area contributed by atoms with E-state index in [1.807, 2.05) is 30.3 Å². The summed E-state index contributed by atoms with van der Waals surface area (Å²) in [5.74, 6) is -0.0435. The van der Waals surface area contributed by atoms with E-state index in [2.05, 4.69) is 42.3 Å². The lowest BCUT2D eigenvalue weighted by Gasteiger charge is -2.38. The van der Waals surface area contributed by atoms with Gasteiger partial charge in [0.2, 0.25) is 0 Å². The van der Waals surface area contributed by atoms with Crippen LogP contribution in [0, 0.1) is 0 Å². The molecule has 0 spiro atoms. The maximum absolute atomic E-state index is 12.9. The summed E-state index contributed by atoms with van der Waals surface area (Å²) < 4.78 is 11.4. The van der Waals surface area contributed by atoms with Crippen LogP contribution in [0.3, 0.4) is 0 Å². The lowest BCUT2D eigenvalue weighted by Crippen LogP contribution is -2.45. The number of carbonyl (C=O) groups excluding carboxylic acids is 1. The largest absolute Gasteiger partial charge is 0.381 e. The summed E-state index contributed by atoms with van der Waals surface area (Å²) in [6.07, 6.45) is 2.23. The maximum Gasteiger partial charge on any atom is 0.251 e. The van der Waals surface area contributed by atoms with Crippen LogP contribution in [0.4, 0.5) is 0 Å². The second kappa shape index (κ2) is 10.3. The van der Waals surface area contributed by atoms with Crippen molar-refractivity contribution in [2.75, 3.05) is 32.8 Å². The highest BCUT2D eigenvalue weighted by atomic mass is 35.5. The third-order valence-electron chi connectivity index (χ3n) is 6.59. The van der Waals surface area contributed by atoms with E-state index in [1.54, 1.807) is 0 Å². The van der Waals surface area contributed by atoms with Crippen molar-refractivity contribution in [2.45, 2.75) is 50.9 Å². The van der Waals surface area contributed by atoms with Crippen LogP contribution in [0.5, 0.6) is 0 Å². The van der Waals surface area contributed by atoms with Crippen LogP contribution in [0.15, 0.2) is 48.5 Å². The third kappa shape index (κ3) is 5.70. The molecular weight excluding hydrogens is 424 g/mol. The average molecular weight is 457 g/mol. The molecule has 2 heterocycles. The maximum atomic E-state index is 12.9. The number of halogens is 1. The number of nitrogens with one attached hydrogen (secondary N) is 1. The Morgan fingerprint density at radius 3 is 2.44 bits per heavy atom. The van der Waals surface area contributed by atoms with E-state index in [-0.39, 0.29) is 23.5 Å². The van der Waals surface area contributed by atoms with Gasteiger partial charge in [0, 0.05) is 55.4 Å². The van der Waals surface area contributed by atoms with Gasteiger partial charge < -0.3 is 14.8 Å². The fourth-order valence-corrected chi connectivity index (χ4v) is 5.12. The van der Waals surface area contributed by atoms with Gasteiger partial charge in [0.05, 0.1) is 12.2 Å². The Labute approximate surface area is 196 Å². The highest BCUT2D eigenvalue weighted by Gasteiger charge is 2.35. The Balaban J connectivity index is 1.38. The lowest BCUT2D eigenvalue weighted by atomic mass is 9.74. The Morgan fingerprint density at radius 1 is 1.09 bits per heavy atom. The molecule has 172 valence electrons. The molecule has 2 unspecified atom stereocenters. The molecule has 32 heavy (non-hydrogen) atoms. The van der Waals surface area contributed by atoms with E-state index in [0.29, 0.717) is 25.3 Å². The molecule has 4 rings (SSSR count). The van der Waals surface area contributed by atoms with Gasteiger partial charge in [-0.15, -0.1) is 0 Å². The minimum atomic E-state index is -0.150. The summed E-state index contributed by atoms with van der Waals surface area (Å²) in [4.78, 5) is 15.3. The van der Waals surface area contributed by atoms with Gasteiger partial charge in [-0.1, -0.05) is 35.9 Å². The standard InChI is InChI=1S/C26H33ClN2O3/c1-19-15-29(16-20(2)32-19)17-21-6-8-22(9-7-21)25(30)28-18-26(10-12-31-13-11-26)23-4-3-5-24(27)14-23/h3-9,14,19-20H,10-13,15-18H2,1-2H3,(H,28,30). The fraction of sp³-hybridized carbons (Fsp3) is 0.500. The van der Waals surface area contributed by atoms with Crippen molar-refractivity contribution in [3.05, 3.63) is 70.2 Å². The number of rotatable bonds is 6. The van der Waals surface area contributed by atoms with Gasteiger partial charge in [0.15, 0.2) is 0 Å². The zero-order valence-electron chi connectivity index (χ0n) is 19.0. The van der Waals surface area contributed by atoms with Crippen molar-refractivity contribution in [3.8, 4) is 0 Å². The Kier molecular flexibility index (Phi) is 7.51. The van der Waals surface area contributed by atoms with E-state index in [1.165, 1.54) is 5.56 Å². The number of hydrogen-bond acceptors (Lipinski definition) is 4. The summed E-state index contributed by atoms with van der Waals surface area (Å²) in [6, 6.07) is 15.9. The molecule has 2 aromatic carbocycles. The zero-order valence-corrected chi connectivity index (χ0v) is 19.7. The smallest absolute Gasteiger partial charge is 0.251 e. The van der Waals surface area contributed by atoms with Crippen molar-refractivity contribution in [3.63, 3.8) is 0 Å². The molecule has 0 radical (unpaired) electrons. The number of nitrogens with zero attached hydrogens (tertiary/aromatic N) is 1. The predicted octanol–water partition coefficient (Wildman–Crippen LogP) is 4.43.